The van der Waals surface area contributed by atoms with E-state index in [-0.39, 0.29) is 6.10 Å². The molecule has 1 aromatic rings. The lowest BCUT2D eigenvalue weighted by Gasteiger charge is -2.22. The number of nitrogens with two attached hydrogens (primary N) is 1. The molecule has 0 unspecified atom stereocenters. The summed E-state index contributed by atoms with van der Waals surface area (Å²) in [6.45, 7) is 2.93. The van der Waals surface area contributed by atoms with Crippen molar-refractivity contribution in [1.82, 2.24) is 9.97 Å². The molecule has 6 nitrogen and oxygen atoms in total. The highest BCUT2D eigenvalue weighted by molar-refractivity contribution is 5.37. The summed E-state index contributed by atoms with van der Waals surface area (Å²) in [4.78, 5) is 8.59. The molecule has 19 heavy (non-hydrogen) atoms. The molecule has 0 saturated heterocycles. The maximum absolute atomic E-state index is 5.92. The fourth-order valence-electron chi connectivity index (χ4n) is 2.22. The average molecular weight is 266 g/mol. The molecule has 0 aromatic carbocycles. The summed E-state index contributed by atoms with van der Waals surface area (Å²) in [6, 6.07) is 1.73. The van der Waals surface area contributed by atoms with Gasteiger partial charge >= 0.3 is 0 Å². The van der Waals surface area contributed by atoms with Crippen molar-refractivity contribution in [2.45, 2.75) is 51.7 Å². The quantitative estimate of drug-likeness (QED) is 0.605. The number of nitrogen functional groups attached to an aromatic ring is 1. The smallest absolute Gasteiger partial charge is 0.219 e. The second-order valence-electron chi connectivity index (χ2n) is 4.67. The molecule has 6 heteroatoms. The maximum Gasteiger partial charge on any atom is 0.219 e. The standard InChI is InChI=1S/C13H22N4O2/c1-2-18-9-12-15-11(17-14)8-13(16-12)19-10-6-4-3-5-7-10/h8,10H,2-7,9,14H2,1H3,(H,15,16,17). The molecule has 106 valence electrons. The molecule has 1 heterocycles. The van der Waals surface area contributed by atoms with Crippen LogP contribution in [-0.2, 0) is 11.3 Å². The van der Waals surface area contributed by atoms with Crippen molar-refractivity contribution in [2.24, 2.45) is 5.84 Å². The molecule has 1 aliphatic rings. The van der Waals surface area contributed by atoms with E-state index in [1.165, 1.54) is 19.3 Å². The van der Waals surface area contributed by atoms with Gasteiger partial charge in [0.1, 0.15) is 18.5 Å². The molecule has 1 fully saturated rings. The van der Waals surface area contributed by atoms with Gasteiger partial charge in [0.15, 0.2) is 5.82 Å². The monoisotopic (exact) mass is 266 g/mol. The number of nitrogens with one attached hydrogen (secondary N) is 1. The van der Waals surface area contributed by atoms with Crippen molar-refractivity contribution in [3.8, 4) is 5.88 Å². The van der Waals surface area contributed by atoms with E-state index in [4.69, 9.17) is 15.3 Å². The summed E-state index contributed by atoms with van der Waals surface area (Å²) in [5, 5.41) is 0. The largest absolute Gasteiger partial charge is 0.474 e. The van der Waals surface area contributed by atoms with Gasteiger partial charge in [0.2, 0.25) is 5.88 Å². The van der Waals surface area contributed by atoms with Crippen molar-refractivity contribution in [1.29, 1.82) is 0 Å². The van der Waals surface area contributed by atoms with Crippen LogP contribution in [-0.4, -0.2) is 22.7 Å². The lowest BCUT2D eigenvalue weighted by Crippen LogP contribution is -2.21. The fraction of sp³-hybridized carbons (Fsp3) is 0.692. The van der Waals surface area contributed by atoms with Crippen LogP contribution in [0.25, 0.3) is 0 Å². The first-order valence-electron chi connectivity index (χ1n) is 6.90. The third kappa shape index (κ3) is 4.33. The Kier molecular flexibility index (Phi) is 5.35. The number of aromatic nitrogens is 2. The summed E-state index contributed by atoms with van der Waals surface area (Å²) >= 11 is 0. The third-order valence-corrected chi connectivity index (χ3v) is 3.17. The van der Waals surface area contributed by atoms with E-state index in [0.717, 1.165) is 12.8 Å². The summed E-state index contributed by atoms with van der Waals surface area (Å²) < 4.78 is 11.2. The highest BCUT2D eigenvalue weighted by atomic mass is 16.5. The lowest BCUT2D eigenvalue weighted by atomic mass is 9.98. The Morgan fingerprint density at radius 3 is 2.79 bits per heavy atom. The van der Waals surface area contributed by atoms with E-state index < -0.39 is 0 Å². The number of anilines is 1. The van der Waals surface area contributed by atoms with Gasteiger partial charge < -0.3 is 14.9 Å². The topological polar surface area (TPSA) is 82.3 Å². The van der Waals surface area contributed by atoms with Crippen LogP contribution in [0.1, 0.15) is 44.9 Å². The maximum atomic E-state index is 5.92. The second kappa shape index (κ2) is 7.25. The fourth-order valence-corrected chi connectivity index (χ4v) is 2.22. The van der Waals surface area contributed by atoms with Crippen molar-refractivity contribution in [3.05, 3.63) is 11.9 Å². The molecule has 0 spiro atoms. The predicted molar refractivity (Wildman–Crippen MR) is 72.7 cm³/mol. The average Bonchev–Trinajstić information content (AvgIpc) is 2.46. The molecule has 0 radical (unpaired) electrons. The first-order valence-corrected chi connectivity index (χ1v) is 6.90. The Morgan fingerprint density at radius 1 is 1.32 bits per heavy atom. The van der Waals surface area contributed by atoms with E-state index >= 15 is 0 Å². The normalized spacial score (nSPS) is 16.3. The van der Waals surface area contributed by atoms with Gasteiger partial charge in [-0.2, -0.15) is 4.98 Å². The summed E-state index contributed by atoms with van der Waals surface area (Å²) in [5.74, 6) is 7.12. The summed E-state index contributed by atoms with van der Waals surface area (Å²) in [5.41, 5.74) is 2.53. The van der Waals surface area contributed by atoms with Gasteiger partial charge in [-0.25, -0.2) is 10.8 Å². The first-order chi connectivity index (χ1) is 9.31. The van der Waals surface area contributed by atoms with Crippen molar-refractivity contribution < 1.29 is 9.47 Å². The summed E-state index contributed by atoms with van der Waals surface area (Å²) in [6.07, 6.45) is 6.20. The molecule has 1 saturated carbocycles. The minimum atomic E-state index is 0.259. The minimum absolute atomic E-state index is 0.259. The zero-order valence-corrected chi connectivity index (χ0v) is 11.4. The van der Waals surface area contributed by atoms with Crippen LogP contribution in [0.15, 0.2) is 6.07 Å². The number of hydrazine groups is 1. The Labute approximate surface area is 113 Å². The van der Waals surface area contributed by atoms with E-state index in [1.807, 2.05) is 6.92 Å². The zero-order chi connectivity index (χ0) is 13.5. The highest BCUT2D eigenvalue weighted by Gasteiger charge is 2.16. The lowest BCUT2D eigenvalue weighted by molar-refractivity contribution is 0.123. The molecule has 1 aliphatic carbocycles. The molecule has 0 bridgehead atoms. The number of nitrogens with zero attached hydrogens (tertiary/aromatic N) is 2. The van der Waals surface area contributed by atoms with Crippen LogP contribution < -0.4 is 16.0 Å². The predicted octanol–water partition coefficient (Wildman–Crippen LogP) is 2.01. The number of hydrogen-bond acceptors (Lipinski definition) is 6. The van der Waals surface area contributed by atoms with E-state index in [9.17, 15) is 0 Å². The van der Waals surface area contributed by atoms with Crippen LogP contribution in [0, 0.1) is 0 Å². The van der Waals surface area contributed by atoms with Gasteiger partial charge in [0.05, 0.1) is 0 Å². The Balaban J connectivity index is 2.04. The molecule has 0 amide bonds. The van der Waals surface area contributed by atoms with E-state index in [1.54, 1.807) is 6.07 Å². The van der Waals surface area contributed by atoms with Crippen LogP contribution in [0.5, 0.6) is 5.88 Å². The van der Waals surface area contributed by atoms with Gasteiger partial charge in [0.25, 0.3) is 0 Å². The van der Waals surface area contributed by atoms with Crippen LogP contribution in [0.4, 0.5) is 5.82 Å². The van der Waals surface area contributed by atoms with E-state index in [0.29, 0.717) is 30.7 Å². The Morgan fingerprint density at radius 2 is 2.11 bits per heavy atom. The highest BCUT2D eigenvalue weighted by Crippen LogP contribution is 2.23. The van der Waals surface area contributed by atoms with Crippen molar-refractivity contribution in [3.63, 3.8) is 0 Å². The van der Waals surface area contributed by atoms with Crippen molar-refractivity contribution in [2.75, 3.05) is 12.0 Å². The third-order valence-electron chi connectivity index (χ3n) is 3.17. The summed E-state index contributed by atoms with van der Waals surface area (Å²) in [7, 11) is 0. The molecular weight excluding hydrogens is 244 g/mol. The first kappa shape index (κ1) is 14.0. The SMILES string of the molecule is CCOCc1nc(NN)cc(OC2CCCCC2)n1. The molecule has 2 rings (SSSR count). The number of hydrogen-bond donors (Lipinski definition) is 2. The minimum Gasteiger partial charge on any atom is -0.474 e. The van der Waals surface area contributed by atoms with Gasteiger partial charge in [-0.15, -0.1) is 0 Å². The zero-order valence-electron chi connectivity index (χ0n) is 11.4. The van der Waals surface area contributed by atoms with Gasteiger partial charge in [-0.1, -0.05) is 6.42 Å². The Bertz CT molecular complexity index is 394. The van der Waals surface area contributed by atoms with Crippen LogP contribution in [0.2, 0.25) is 0 Å². The van der Waals surface area contributed by atoms with Gasteiger partial charge in [-0.05, 0) is 32.6 Å². The second-order valence-corrected chi connectivity index (χ2v) is 4.67. The molecular formula is C13H22N4O2. The van der Waals surface area contributed by atoms with Crippen LogP contribution >= 0.6 is 0 Å². The Hall–Kier alpha value is -1.40. The molecule has 3 N–H and O–H groups in total. The van der Waals surface area contributed by atoms with Crippen molar-refractivity contribution >= 4 is 5.82 Å². The molecule has 1 aromatic heterocycles. The number of rotatable bonds is 6. The van der Waals surface area contributed by atoms with E-state index in [2.05, 4.69) is 15.4 Å². The molecule has 0 aliphatic heterocycles. The van der Waals surface area contributed by atoms with Crippen LogP contribution in [0.3, 0.4) is 0 Å². The molecule has 0 atom stereocenters. The number of ether oxygens (including phenoxy) is 2. The van der Waals surface area contributed by atoms with Gasteiger partial charge in [-0.3, -0.25) is 0 Å². The van der Waals surface area contributed by atoms with Gasteiger partial charge in [0, 0.05) is 12.7 Å².